The van der Waals surface area contributed by atoms with Gasteiger partial charge in [-0.05, 0) is 56.5 Å². The van der Waals surface area contributed by atoms with Crippen molar-refractivity contribution in [3.8, 4) is 0 Å². The second-order valence-electron chi connectivity index (χ2n) is 7.23. The van der Waals surface area contributed by atoms with Gasteiger partial charge in [0.1, 0.15) is 0 Å². The number of aromatic nitrogens is 1. The van der Waals surface area contributed by atoms with Crippen LogP contribution < -0.4 is 5.32 Å². The number of hydrogen-bond acceptors (Lipinski definition) is 4. The number of nitrogens with one attached hydrogen (secondary N) is 1. The molecule has 0 amide bonds. The van der Waals surface area contributed by atoms with E-state index in [2.05, 4.69) is 21.0 Å². The molecule has 1 aromatic heterocycles. The van der Waals surface area contributed by atoms with Crippen LogP contribution in [0.2, 0.25) is 5.02 Å². The number of carbonyl (C=O) groups excluding carboxylic acids is 1. The number of methoxy groups -OCH3 is 1. The minimum absolute atomic E-state index is 0.352. The summed E-state index contributed by atoms with van der Waals surface area (Å²) >= 11 is 6.21. The summed E-state index contributed by atoms with van der Waals surface area (Å²) < 4.78 is 7.08. The number of ether oxygens (including phenoxy) is 1. The maximum atomic E-state index is 12.2. The third-order valence-corrected chi connectivity index (χ3v) is 5.94. The Labute approximate surface area is 152 Å². The quantitative estimate of drug-likeness (QED) is 0.850. The van der Waals surface area contributed by atoms with Crippen molar-refractivity contribution in [1.82, 2.24) is 14.8 Å². The molecule has 5 rings (SSSR count). The molecule has 3 fully saturated rings. The summed E-state index contributed by atoms with van der Waals surface area (Å²) in [5.41, 5.74) is 2.52. The molecule has 3 aliphatic rings. The number of piperidine rings is 3. The van der Waals surface area contributed by atoms with Crippen LogP contribution in [0.4, 0.5) is 0 Å². The van der Waals surface area contributed by atoms with Crippen LogP contribution in [0.15, 0.2) is 18.3 Å². The summed E-state index contributed by atoms with van der Waals surface area (Å²) in [6.45, 7) is 6.33. The minimum atomic E-state index is -0.352. The van der Waals surface area contributed by atoms with Gasteiger partial charge in [0.2, 0.25) is 0 Å². The van der Waals surface area contributed by atoms with Crippen LogP contribution in [0.1, 0.15) is 28.8 Å². The van der Waals surface area contributed by atoms with E-state index in [1.54, 1.807) is 6.07 Å². The van der Waals surface area contributed by atoms with Crippen LogP contribution in [0.5, 0.6) is 0 Å². The molecule has 1 N–H and O–H groups in total. The first-order valence-electron chi connectivity index (χ1n) is 8.90. The second-order valence-corrected chi connectivity index (χ2v) is 7.67. The predicted octanol–water partition coefficient (Wildman–Crippen LogP) is 3.03. The monoisotopic (exact) mass is 361 g/mol. The predicted molar refractivity (Wildman–Crippen MR) is 99.1 cm³/mol. The normalized spacial score (nSPS) is 25.5. The lowest BCUT2D eigenvalue weighted by Crippen LogP contribution is -2.56. The van der Waals surface area contributed by atoms with Gasteiger partial charge in [0, 0.05) is 29.2 Å². The van der Waals surface area contributed by atoms with Crippen molar-refractivity contribution in [1.29, 1.82) is 0 Å². The van der Waals surface area contributed by atoms with Gasteiger partial charge in [0.05, 0.1) is 24.9 Å². The Hall–Kier alpha value is -1.56. The number of hydrogen-bond donors (Lipinski definition) is 1. The minimum Gasteiger partial charge on any atom is -0.465 e. The van der Waals surface area contributed by atoms with Crippen LogP contribution in [0, 0.1) is 12.8 Å². The Morgan fingerprint density at radius 1 is 1.36 bits per heavy atom. The third kappa shape index (κ3) is 3.05. The number of halogens is 1. The van der Waals surface area contributed by atoms with Gasteiger partial charge in [0.25, 0.3) is 0 Å². The molecule has 4 heterocycles. The summed E-state index contributed by atoms with van der Waals surface area (Å²) in [5, 5.41) is 5.27. The van der Waals surface area contributed by atoms with Crippen molar-refractivity contribution in [2.24, 2.45) is 5.92 Å². The highest BCUT2D eigenvalue weighted by atomic mass is 35.5. The number of rotatable bonds is 4. The smallest absolute Gasteiger partial charge is 0.340 e. The molecule has 1 atom stereocenters. The number of benzene rings is 1. The summed E-state index contributed by atoms with van der Waals surface area (Å²) in [4.78, 5) is 14.8. The molecular weight excluding hydrogens is 338 g/mol. The number of aryl methyl sites for hydroxylation is 1. The second kappa shape index (κ2) is 6.63. The lowest BCUT2D eigenvalue weighted by Gasteiger charge is -2.45. The van der Waals surface area contributed by atoms with Crippen LogP contribution in [0.25, 0.3) is 10.9 Å². The van der Waals surface area contributed by atoms with E-state index in [-0.39, 0.29) is 5.97 Å². The highest BCUT2D eigenvalue weighted by Crippen LogP contribution is 2.30. The van der Waals surface area contributed by atoms with E-state index in [0.29, 0.717) is 23.3 Å². The fourth-order valence-corrected chi connectivity index (χ4v) is 4.60. The topological polar surface area (TPSA) is 46.5 Å². The van der Waals surface area contributed by atoms with Crippen molar-refractivity contribution in [3.63, 3.8) is 0 Å². The van der Waals surface area contributed by atoms with Crippen molar-refractivity contribution >= 4 is 28.5 Å². The first kappa shape index (κ1) is 16.9. The number of esters is 1. The molecule has 0 aliphatic carbocycles. The van der Waals surface area contributed by atoms with Crippen molar-refractivity contribution in [3.05, 3.63) is 34.5 Å². The van der Waals surface area contributed by atoms with Gasteiger partial charge < -0.3 is 14.2 Å². The summed E-state index contributed by atoms with van der Waals surface area (Å²) in [5.74, 6) is 0.414. The zero-order chi connectivity index (χ0) is 17.6. The molecule has 0 saturated carbocycles. The molecule has 0 spiro atoms. The number of carbonyl (C=O) groups is 1. The van der Waals surface area contributed by atoms with Gasteiger partial charge in [-0.1, -0.05) is 11.6 Å². The Balaban J connectivity index is 1.64. The van der Waals surface area contributed by atoms with Crippen molar-refractivity contribution < 1.29 is 9.53 Å². The van der Waals surface area contributed by atoms with E-state index in [1.165, 1.54) is 33.0 Å². The van der Waals surface area contributed by atoms with E-state index in [1.807, 2.05) is 13.0 Å². The average Bonchev–Trinajstić information content (AvgIpc) is 2.95. The van der Waals surface area contributed by atoms with E-state index in [9.17, 15) is 4.79 Å². The molecule has 1 unspecified atom stereocenters. The van der Waals surface area contributed by atoms with Gasteiger partial charge in [-0.3, -0.25) is 5.32 Å². The van der Waals surface area contributed by atoms with Gasteiger partial charge in [-0.15, -0.1) is 0 Å². The maximum Gasteiger partial charge on any atom is 0.340 e. The largest absolute Gasteiger partial charge is 0.465 e. The molecule has 6 heteroatoms. The number of fused-ring (bicyclic) bond motifs is 4. The highest BCUT2D eigenvalue weighted by Gasteiger charge is 2.33. The fourth-order valence-electron chi connectivity index (χ4n) is 4.38. The third-order valence-electron chi connectivity index (χ3n) is 5.72. The van der Waals surface area contributed by atoms with E-state index >= 15 is 0 Å². The standard InChI is InChI=1S/C19H24ClN3O2/c1-12-9-23(11-21-17-10-22-5-3-13(17)4-6-22)18-15(12)7-14(20)8-16(18)19(24)25-2/h7-9,13,17,21H,3-6,10-11H2,1-2H3. The average molecular weight is 362 g/mol. The molecule has 3 aliphatic heterocycles. The number of nitrogens with zero attached hydrogens (tertiary/aromatic N) is 2. The van der Waals surface area contributed by atoms with E-state index in [0.717, 1.165) is 28.9 Å². The summed E-state index contributed by atoms with van der Waals surface area (Å²) in [7, 11) is 1.40. The zero-order valence-electron chi connectivity index (χ0n) is 14.7. The summed E-state index contributed by atoms with van der Waals surface area (Å²) in [6.07, 6.45) is 4.65. The van der Waals surface area contributed by atoms with Crippen LogP contribution in [0.3, 0.4) is 0 Å². The molecule has 1 aromatic carbocycles. The highest BCUT2D eigenvalue weighted by molar-refractivity contribution is 6.32. The van der Waals surface area contributed by atoms with Gasteiger partial charge >= 0.3 is 5.97 Å². The molecule has 134 valence electrons. The Morgan fingerprint density at radius 2 is 2.12 bits per heavy atom. The van der Waals surface area contributed by atoms with E-state index in [4.69, 9.17) is 16.3 Å². The molecule has 0 radical (unpaired) electrons. The van der Waals surface area contributed by atoms with Crippen LogP contribution in [-0.4, -0.2) is 48.2 Å². The Kier molecular flexibility index (Phi) is 4.48. The van der Waals surface area contributed by atoms with Gasteiger partial charge in [-0.2, -0.15) is 0 Å². The van der Waals surface area contributed by atoms with Crippen molar-refractivity contribution in [2.75, 3.05) is 26.7 Å². The lowest BCUT2D eigenvalue weighted by molar-refractivity contribution is 0.0602. The SMILES string of the molecule is COC(=O)c1cc(Cl)cc2c(C)cn(CNC3CN4CCC3CC4)c12. The first-order valence-corrected chi connectivity index (χ1v) is 9.27. The molecule has 5 nitrogen and oxygen atoms in total. The van der Waals surface area contributed by atoms with Crippen LogP contribution in [-0.2, 0) is 11.4 Å². The van der Waals surface area contributed by atoms with E-state index < -0.39 is 0 Å². The zero-order valence-corrected chi connectivity index (χ0v) is 15.5. The molecular formula is C19H24ClN3O2. The van der Waals surface area contributed by atoms with Crippen molar-refractivity contribution in [2.45, 2.75) is 32.5 Å². The summed E-state index contributed by atoms with van der Waals surface area (Å²) in [6, 6.07) is 4.14. The molecule has 3 saturated heterocycles. The Bertz CT molecular complexity index is 809. The lowest BCUT2D eigenvalue weighted by atomic mass is 9.84. The fraction of sp³-hybridized carbons (Fsp3) is 0.526. The Morgan fingerprint density at radius 3 is 2.76 bits per heavy atom. The van der Waals surface area contributed by atoms with Gasteiger partial charge in [0.15, 0.2) is 0 Å². The first-order chi connectivity index (χ1) is 12.1. The molecule has 2 bridgehead atoms. The molecule has 2 aromatic rings. The van der Waals surface area contributed by atoms with Gasteiger partial charge in [-0.25, -0.2) is 4.79 Å². The maximum absolute atomic E-state index is 12.2. The van der Waals surface area contributed by atoms with Crippen LogP contribution >= 0.6 is 11.6 Å². The molecule has 25 heavy (non-hydrogen) atoms.